The number of carbonyl (C=O) groups excluding carboxylic acids is 2. The summed E-state index contributed by atoms with van der Waals surface area (Å²) in [6, 6.07) is 5.37. The lowest BCUT2D eigenvalue weighted by Crippen LogP contribution is -2.31. The molecule has 132 valence electrons. The van der Waals surface area contributed by atoms with E-state index >= 15 is 0 Å². The molecule has 1 amide bonds. The van der Waals surface area contributed by atoms with Crippen LogP contribution in [0.25, 0.3) is 11.1 Å². The second kappa shape index (κ2) is 7.74. The zero-order valence-corrected chi connectivity index (χ0v) is 14.7. The van der Waals surface area contributed by atoms with Crippen molar-refractivity contribution in [2.75, 3.05) is 5.32 Å². The monoisotopic (exact) mass is 343 g/mol. The molecule has 0 saturated heterocycles. The van der Waals surface area contributed by atoms with Gasteiger partial charge in [0.25, 0.3) is 11.5 Å². The van der Waals surface area contributed by atoms with Gasteiger partial charge in [0, 0.05) is 30.1 Å². The highest BCUT2D eigenvalue weighted by atomic mass is 16.5. The average molecular weight is 343 g/mol. The number of H-pyrrole nitrogens is 1. The number of hydrogen-bond acceptors (Lipinski definition) is 5. The molecule has 2 aromatic heterocycles. The Morgan fingerprint density at radius 3 is 2.68 bits per heavy atom. The van der Waals surface area contributed by atoms with Crippen LogP contribution in [0, 0.1) is 6.92 Å². The Bertz CT molecular complexity index is 858. The van der Waals surface area contributed by atoms with Crippen LogP contribution in [0.5, 0.6) is 0 Å². The molecule has 0 spiro atoms. The van der Waals surface area contributed by atoms with E-state index in [2.05, 4.69) is 15.3 Å². The molecule has 7 nitrogen and oxygen atoms in total. The standard InChI is InChI=1S/C18H21N3O4/c1-5-15-14(13-6-7-19-10(2)8-13)9-16(18(24)20-15)21-17(23)11(3)25-12(4)22/h6-9,11H,5H2,1-4H3,(H,20,24)(H,21,23). The number of ether oxygens (including phenoxy) is 1. The number of aromatic amines is 1. The number of aryl methyl sites for hydroxylation is 2. The number of rotatable bonds is 5. The lowest BCUT2D eigenvalue weighted by Gasteiger charge is -2.14. The van der Waals surface area contributed by atoms with Gasteiger partial charge >= 0.3 is 5.97 Å². The molecule has 0 radical (unpaired) electrons. The Hall–Kier alpha value is -2.96. The molecule has 25 heavy (non-hydrogen) atoms. The number of anilines is 1. The first-order valence-electron chi connectivity index (χ1n) is 7.99. The van der Waals surface area contributed by atoms with Gasteiger partial charge in [-0.15, -0.1) is 0 Å². The van der Waals surface area contributed by atoms with E-state index in [1.165, 1.54) is 13.8 Å². The Labute approximate surface area is 145 Å². The SMILES string of the molecule is CCc1[nH]c(=O)c(NC(=O)C(C)OC(C)=O)cc1-c1ccnc(C)c1. The summed E-state index contributed by atoms with van der Waals surface area (Å²) >= 11 is 0. The Kier molecular flexibility index (Phi) is 5.69. The number of aromatic nitrogens is 2. The van der Waals surface area contributed by atoms with Crippen LogP contribution in [0.2, 0.25) is 0 Å². The van der Waals surface area contributed by atoms with Crippen LogP contribution in [-0.4, -0.2) is 27.9 Å². The highest BCUT2D eigenvalue weighted by Crippen LogP contribution is 2.24. The lowest BCUT2D eigenvalue weighted by atomic mass is 10.0. The van der Waals surface area contributed by atoms with Crippen LogP contribution >= 0.6 is 0 Å². The first-order chi connectivity index (χ1) is 11.8. The van der Waals surface area contributed by atoms with Crippen LogP contribution in [0.1, 0.15) is 32.2 Å². The third kappa shape index (κ3) is 4.53. The summed E-state index contributed by atoms with van der Waals surface area (Å²) in [5.41, 5.74) is 3.01. The summed E-state index contributed by atoms with van der Waals surface area (Å²) in [6.07, 6.45) is 1.33. The minimum absolute atomic E-state index is 0.102. The number of hydrogen-bond donors (Lipinski definition) is 2. The number of esters is 1. The molecule has 0 aliphatic carbocycles. The third-order valence-electron chi connectivity index (χ3n) is 3.65. The van der Waals surface area contributed by atoms with Gasteiger partial charge in [-0.3, -0.25) is 19.4 Å². The van der Waals surface area contributed by atoms with E-state index in [1.807, 2.05) is 26.0 Å². The van der Waals surface area contributed by atoms with Crippen LogP contribution in [0.4, 0.5) is 5.69 Å². The van der Waals surface area contributed by atoms with Crippen LogP contribution < -0.4 is 10.9 Å². The first kappa shape index (κ1) is 18.4. The van der Waals surface area contributed by atoms with Crippen molar-refractivity contribution >= 4 is 17.6 Å². The molecule has 7 heteroatoms. The summed E-state index contributed by atoms with van der Waals surface area (Å²) in [5.74, 6) is -1.13. The summed E-state index contributed by atoms with van der Waals surface area (Å²) in [4.78, 5) is 42.3. The maximum absolute atomic E-state index is 12.2. The van der Waals surface area contributed by atoms with Crippen LogP contribution in [-0.2, 0) is 20.7 Å². The van der Waals surface area contributed by atoms with Gasteiger partial charge in [-0.2, -0.15) is 0 Å². The Balaban J connectivity index is 2.40. The summed E-state index contributed by atoms with van der Waals surface area (Å²) in [5, 5.41) is 2.52. The van der Waals surface area contributed by atoms with Gasteiger partial charge in [0.05, 0.1) is 0 Å². The van der Waals surface area contributed by atoms with E-state index in [1.54, 1.807) is 12.3 Å². The predicted molar refractivity (Wildman–Crippen MR) is 94.3 cm³/mol. The van der Waals surface area contributed by atoms with Gasteiger partial charge in [-0.05, 0) is 44.0 Å². The topological polar surface area (TPSA) is 101 Å². The van der Waals surface area contributed by atoms with Crippen molar-refractivity contribution in [3.63, 3.8) is 0 Å². The van der Waals surface area contributed by atoms with Gasteiger partial charge in [0.1, 0.15) is 5.69 Å². The zero-order valence-electron chi connectivity index (χ0n) is 14.7. The molecule has 0 aliphatic rings. The number of carbonyl (C=O) groups is 2. The molecule has 0 aromatic carbocycles. The Morgan fingerprint density at radius 2 is 2.08 bits per heavy atom. The molecular weight excluding hydrogens is 322 g/mol. The average Bonchev–Trinajstić information content (AvgIpc) is 2.55. The Morgan fingerprint density at radius 1 is 1.36 bits per heavy atom. The van der Waals surface area contributed by atoms with Gasteiger partial charge < -0.3 is 15.0 Å². The molecule has 0 bridgehead atoms. The van der Waals surface area contributed by atoms with Gasteiger partial charge in [0.2, 0.25) is 0 Å². The van der Waals surface area contributed by atoms with E-state index < -0.39 is 23.5 Å². The second-order valence-electron chi connectivity index (χ2n) is 5.68. The smallest absolute Gasteiger partial charge is 0.303 e. The number of pyridine rings is 2. The molecule has 2 aromatic rings. The largest absolute Gasteiger partial charge is 0.453 e. The molecule has 1 unspecified atom stereocenters. The van der Waals surface area contributed by atoms with E-state index in [4.69, 9.17) is 4.74 Å². The number of nitrogens with zero attached hydrogens (tertiary/aromatic N) is 1. The highest BCUT2D eigenvalue weighted by molar-refractivity contribution is 5.95. The summed E-state index contributed by atoms with van der Waals surface area (Å²) < 4.78 is 4.83. The van der Waals surface area contributed by atoms with Crippen molar-refractivity contribution < 1.29 is 14.3 Å². The van der Waals surface area contributed by atoms with E-state index in [9.17, 15) is 14.4 Å². The predicted octanol–water partition coefficient (Wildman–Crippen LogP) is 2.20. The molecule has 0 saturated carbocycles. The summed E-state index contributed by atoms with van der Waals surface area (Å²) in [7, 11) is 0. The minimum Gasteiger partial charge on any atom is -0.453 e. The van der Waals surface area contributed by atoms with Crippen LogP contribution in [0.3, 0.4) is 0 Å². The van der Waals surface area contributed by atoms with Crippen molar-refractivity contribution in [1.29, 1.82) is 0 Å². The van der Waals surface area contributed by atoms with Crippen molar-refractivity contribution in [3.8, 4) is 11.1 Å². The molecule has 0 fully saturated rings. The van der Waals surface area contributed by atoms with Crippen molar-refractivity contribution in [1.82, 2.24) is 9.97 Å². The highest BCUT2D eigenvalue weighted by Gasteiger charge is 2.18. The number of nitrogens with one attached hydrogen (secondary N) is 2. The van der Waals surface area contributed by atoms with Gasteiger partial charge in [-0.1, -0.05) is 6.92 Å². The maximum Gasteiger partial charge on any atom is 0.303 e. The van der Waals surface area contributed by atoms with E-state index in [0.717, 1.165) is 22.5 Å². The van der Waals surface area contributed by atoms with Crippen molar-refractivity contribution in [2.24, 2.45) is 0 Å². The molecule has 2 heterocycles. The first-order valence-corrected chi connectivity index (χ1v) is 7.99. The van der Waals surface area contributed by atoms with Crippen molar-refractivity contribution in [2.45, 2.75) is 40.2 Å². The van der Waals surface area contributed by atoms with Crippen molar-refractivity contribution in [3.05, 3.63) is 46.1 Å². The fourth-order valence-corrected chi connectivity index (χ4v) is 2.45. The molecule has 2 N–H and O–H groups in total. The second-order valence-corrected chi connectivity index (χ2v) is 5.68. The number of amides is 1. The zero-order chi connectivity index (χ0) is 18.6. The van der Waals surface area contributed by atoms with E-state index in [-0.39, 0.29) is 5.69 Å². The van der Waals surface area contributed by atoms with Gasteiger partial charge in [-0.25, -0.2) is 0 Å². The maximum atomic E-state index is 12.2. The fourth-order valence-electron chi connectivity index (χ4n) is 2.45. The van der Waals surface area contributed by atoms with Gasteiger partial charge in [0.15, 0.2) is 6.10 Å². The molecule has 2 rings (SSSR count). The van der Waals surface area contributed by atoms with Crippen LogP contribution in [0.15, 0.2) is 29.2 Å². The van der Waals surface area contributed by atoms with E-state index in [0.29, 0.717) is 6.42 Å². The summed E-state index contributed by atoms with van der Waals surface area (Å²) in [6.45, 7) is 6.48. The third-order valence-corrected chi connectivity index (χ3v) is 3.65. The normalized spacial score (nSPS) is 11.7. The quantitative estimate of drug-likeness (QED) is 0.811. The lowest BCUT2D eigenvalue weighted by molar-refractivity contribution is -0.150. The fraction of sp³-hybridized carbons (Fsp3) is 0.333. The molecular formula is C18H21N3O4. The minimum atomic E-state index is -0.991. The molecule has 0 aliphatic heterocycles. The molecule has 1 atom stereocenters.